The summed E-state index contributed by atoms with van der Waals surface area (Å²) in [5.41, 5.74) is 2.97. The van der Waals surface area contributed by atoms with E-state index in [2.05, 4.69) is 16.4 Å². The number of fused-ring (bicyclic) bond motifs is 1. The van der Waals surface area contributed by atoms with Crippen LogP contribution in [-0.4, -0.2) is 23.7 Å². The molecule has 24 heavy (non-hydrogen) atoms. The first-order valence-electron chi connectivity index (χ1n) is 7.80. The van der Waals surface area contributed by atoms with Gasteiger partial charge in [-0.3, -0.25) is 0 Å². The molecule has 0 fully saturated rings. The summed E-state index contributed by atoms with van der Waals surface area (Å²) in [5, 5.41) is 22.0. The van der Waals surface area contributed by atoms with Crippen LogP contribution >= 0.6 is 0 Å². The minimum Gasteiger partial charge on any atom is -0.476 e. The lowest BCUT2D eigenvalue weighted by molar-refractivity contribution is 0.261. The molecule has 1 aromatic heterocycles. The van der Waals surface area contributed by atoms with Crippen LogP contribution in [0.2, 0.25) is 0 Å². The Balaban J connectivity index is 1.80. The Bertz CT molecular complexity index is 789. The maximum atomic E-state index is 9.66. The van der Waals surface area contributed by atoms with Gasteiger partial charge >= 0.3 is 7.12 Å². The first-order chi connectivity index (χ1) is 11.6. The summed E-state index contributed by atoms with van der Waals surface area (Å²) in [5.74, 6) is 1.27. The van der Waals surface area contributed by atoms with E-state index in [1.165, 1.54) is 0 Å². The number of pyridine rings is 1. The fourth-order valence-electron chi connectivity index (χ4n) is 2.41. The number of benzene rings is 1. The molecule has 0 amide bonds. The van der Waals surface area contributed by atoms with Gasteiger partial charge in [-0.1, -0.05) is 19.9 Å². The van der Waals surface area contributed by atoms with Gasteiger partial charge in [0.1, 0.15) is 17.5 Å². The average molecular weight is 323 g/mol. The van der Waals surface area contributed by atoms with E-state index in [1.54, 1.807) is 12.1 Å². The van der Waals surface area contributed by atoms with Crippen molar-refractivity contribution >= 4 is 24.1 Å². The van der Waals surface area contributed by atoms with Gasteiger partial charge in [-0.25, -0.2) is 0 Å². The quantitative estimate of drug-likeness (QED) is 0.818. The minimum absolute atomic E-state index is 0.330. The molecule has 2 aromatic rings. The molecular weight excluding hydrogens is 305 g/mol. The predicted octanol–water partition coefficient (Wildman–Crippen LogP) is 1.95. The van der Waals surface area contributed by atoms with Crippen LogP contribution in [0.1, 0.15) is 25.0 Å². The summed E-state index contributed by atoms with van der Waals surface area (Å²) in [7, 11) is -0.849. The van der Waals surface area contributed by atoms with Crippen LogP contribution in [0.25, 0.3) is 0 Å². The van der Waals surface area contributed by atoms with Crippen molar-refractivity contribution in [3.63, 3.8) is 0 Å². The third kappa shape index (κ3) is 3.50. The molecule has 0 radical (unpaired) electrons. The van der Waals surface area contributed by atoms with Crippen LogP contribution in [-0.2, 0) is 11.3 Å². The highest BCUT2D eigenvalue weighted by molar-refractivity contribution is 6.61. The van der Waals surface area contributed by atoms with Gasteiger partial charge in [0, 0.05) is 5.69 Å². The van der Waals surface area contributed by atoms with Crippen molar-refractivity contribution < 1.29 is 14.4 Å². The zero-order valence-electron chi connectivity index (χ0n) is 13.6. The number of anilines is 2. The highest BCUT2D eigenvalue weighted by Crippen LogP contribution is 2.23. The minimum atomic E-state index is -0.849. The van der Waals surface area contributed by atoms with Crippen LogP contribution < -0.4 is 15.5 Å². The van der Waals surface area contributed by atoms with Gasteiger partial charge in [0.25, 0.3) is 0 Å². The lowest BCUT2D eigenvalue weighted by Crippen LogP contribution is -2.27. The summed E-state index contributed by atoms with van der Waals surface area (Å²) in [6.45, 7) is 4.96. The van der Waals surface area contributed by atoms with E-state index >= 15 is 0 Å². The largest absolute Gasteiger partial charge is 0.491 e. The van der Waals surface area contributed by atoms with Crippen molar-refractivity contribution in [1.29, 1.82) is 5.26 Å². The van der Waals surface area contributed by atoms with Crippen molar-refractivity contribution in [2.75, 3.05) is 11.9 Å². The second-order valence-electron chi connectivity index (χ2n) is 6.07. The molecule has 2 N–H and O–H groups in total. The molecule has 2 heterocycles. The van der Waals surface area contributed by atoms with Gasteiger partial charge in [-0.2, -0.15) is 10.2 Å². The van der Waals surface area contributed by atoms with Gasteiger partial charge in [0.15, 0.2) is 0 Å². The Hall–Kier alpha value is -2.56. The number of nitrogens with one attached hydrogen (secondary N) is 1. The Morgan fingerprint density at radius 2 is 2.25 bits per heavy atom. The van der Waals surface area contributed by atoms with Gasteiger partial charge in [0.05, 0.1) is 13.2 Å². The molecule has 0 spiro atoms. The van der Waals surface area contributed by atoms with E-state index < -0.39 is 7.12 Å². The predicted molar refractivity (Wildman–Crippen MR) is 91.4 cm³/mol. The van der Waals surface area contributed by atoms with Gasteiger partial charge in [-0.05, 0) is 41.2 Å². The number of hydrogen-bond donors (Lipinski definition) is 2. The Labute approximate surface area is 141 Å². The Morgan fingerprint density at radius 3 is 3.00 bits per heavy atom. The Kier molecular flexibility index (Phi) is 4.70. The van der Waals surface area contributed by atoms with E-state index in [9.17, 15) is 5.02 Å². The molecule has 1 aliphatic rings. The molecule has 6 nitrogen and oxygen atoms in total. The first kappa shape index (κ1) is 16.3. The lowest BCUT2D eigenvalue weighted by atomic mass is 9.79. The number of nitrogens with zero attached hydrogens (tertiary/aromatic N) is 2. The molecule has 0 bridgehead atoms. The van der Waals surface area contributed by atoms with Gasteiger partial charge < -0.3 is 19.7 Å². The van der Waals surface area contributed by atoms with Crippen LogP contribution in [0.3, 0.4) is 0 Å². The maximum absolute atomic E-state index is 9.66. The zero-order valence-corrected chi connectivity index (χ0v) is 13.6. The van der Waals surface area contributed by atoms with Crippen LogP contribution in [0.15, 0.2) is 30.3 Å². The van der Waals surface area contributed by atoms with Gasteiger partial charge in [0.2, 0.25) is 5.88 Å². The third-order valence-electron chi connectivity index (χ3n) is 3.61. The SMILES string of the molecule is CC(C)COc1nc(Nc2ccc3c(c2)COB3O)ccc1C#N. The van der Waals surface area contributed by atoms with E-state index in [1.807, 2.05) is 32.0 Å². The lowest BCUT2D eigenvalue weighted by Gasteiger charge is -2.12. The van der Waals surface area contributed by atoms with Crippen LogP contribution in [0.4, 0.5) is 11.5 Å². The smallest absolute Gasteiger partial charge is 0.476 e. The maximum Gasteiger partial charge on any atom is 0.491 e. The van der Waals surface area contributed by atoms with Crippen LogP contribution in [0, 0.1) is 17.2 Å². The topological polar surface area (TPSA) is 87.4 Å². The van der Waals surface area contributed by atoms with Crippen molar-refractivity contribution in [3.8, 4) is 11.9 Å². The third-order valence-corrected chi connectivity index (χ3v) is 3.61. The molecule has 1 aliphatic heterocycles. The second-order valence-corrected chi connectivity index (χ2v) is 6.07. The molecule has 0 aliphatic carbocycles. The van der Waals surface area contributed by atoms with Crippen LogP contribution in [0.5, 0.6) is 5.88 Å². The number of ether oxygens (including phenoxy) is 1. The van der Waals surface area contributed by atoms with Crippen molar-refractivity contribution in [2.24, 2.45) is 5.92 Å². The summed E-state index contributed by atoms with van der Waals surface area (Å²) in [6, 6.07) is 11.1. The molecule has 7 heteroatoms. The number of aromatic nitrogens is 1. The summed E-state index contributed by atoms with van der Waals surface area (Å²) >= 11 is 0. The number of hydrogen-bond acceptors (Lipinski definition) is 6. The molecule has 3 rings (SSSR count). The Morgan fingerprint density at radius 1 is 1.42 bits per heavy atom. The number of nitriles is 1. The first-order valence-corrected chi connectivity index (χ1v) is 7.80. The van der Waals surface area contributed by atoms with Crippen molar-refractivity contribution in [3.05, 3.63) is 41.5 Å². The van der Waals surface area contributed by atoms with Crippen molar-refractivity contribution in [1.82, 2.24) is 4.98 Å². The summed E-state index contributed by atoms with van der Waals surface area (Å²) in [6.07, 6.45) is 0. The van der Waals surface area contributed by atoms with E-state index in [4.69, 9.17) is 14.7 Å². The second kappa shape index (κ2) is 6.91. The number of rotatable bonds is 5. The van der Waals surface area contributed by atoms with Gasteiger partial charge in [-0.15, -0.1) is 0 Å². The fraction of sp³-hybridized carbons (Fsp3) is 0.294. The fourth-order valence-corrected chi connectivity index (χ4v) is 2.41. The zero-order chi connectivity index (χ0) is 17.1. The normalized spacial score (nSPS) is 12.9. The average Bonchev–Trinajstić information content (AvgIpc) is 2.94. The molecule has 0 atom stereocenters. The van der Waals surface area contributed by atoms with Crippen molar-refractivity contribution in [2.45, 2.75) is 20.5 Å². The summed E-state index contributed by atoms with van der Waals surface area (Å²) in [4.78, 5) is 4.38. The molecular formula is C17H18BN3O3. The highest BCUT2D eigenvalue weighted by atomic mass is 16.5. The molecule has 0 unspecified atom stereocenters. The summed E-state index contributed by atoms with van der Waals surface area (Å²) < 4.78 is 10.8. The highest BCUT2D eigenvalue weighted by Gasteiger charge is 2.27. The monoisotopic (exact) mass is 323 g/mol. The van der Waals surface area contributed by atoms with E-state index in [0.29, 0.717) is 36.4 Å². The molecule has 1 aromatic carbocycles. The molecule has 0 saturated carbocycles. The molecule has 122 valence electrons. The van der Waals surface area contributed by atoms with E-state index in [-0.39, 0.29) is 0 Å². The van der Waals surface area contributed by atoms with E-state index in [0.717, 1.165) is 16.7 Å². The molecule has 0 saturated heterocycles. The standard InChI is InChI=1S/C17H18BN3O3/c1-11(2)9-23-17-12(8-19)3-6-16(21-17)20-14-4-5-15-13(7-14)10-24-18(15)22/h3-7,11,22H,9-10H2,1-2H3,(H,20,21).